The fourth-order valence-electron chi connectivity index (χ4n) is 0.561. The van der Waals surface area contributed by atoms with E-state index in [0.717, 1.165) is 0 Å². The van der Waals surface area contributed by atoms with Crippen LogP contribution in [0.5, 0.6) is 0 Å². The van der Waals surface area contributed by atoms with Gasteiger partial charge in [-0.25, -0.2) is 0 Å². The summed E-state index contributed by atoms with van der Waals surface area (Å²) in [7, 11) is 3.24. The topological polar surface area (TPSA) is 31.0 Å². The van der Waals surface area contributed by atoms with Crippen LogP contribution < -0.4 is 0 Å². The Morgan fingerprint density at radius 3 is 2.38 bits per heavy atom. The minimum absolute atomic E-state index is 0.380. The van der Waals surface area contributed by atoms with Gasteiger partial charge in [0.1, 0.15) is 13.2 Å². The van der Waals surface area contributed by atoms with Crippen molar-refractivity contribution in [3.8, 4) is 0 Å². The van der Waals surface area contributed by atoms with Crippen LogP contribution in [0.2, 0.25) is 0 Å². The Kier molecular flexibility index (Phi) is 1.51. The summed E-state index contributed by atoms with van der Waals surface area (Å²) in [5.74, 6) is -0.380. The van der Waals surface area contributed by atoms with Crippen LogP contribution in [0.4, 0.5) is 0 Å². The fourth-order valence-corrected chi connectivity index (χ4v) is 0.561. The van der Waals surface area contributed by atoms with Crippen molar-refractivity contribution in [1.29, 1.82) is 0 Å². The molecule has 1 rings (SSSR count). The monoisotopic (exact) mass is 118 g/mol. The Labute approximate surface area is 48.5 Å². The number of hydrogen-bond acceptors (Lipinski definition) is 3. The first-order chi connectivity index (χ1) is 3.83. The second kappa shape index (κ2) is 2.01. The number of methoxy groups -OCH3 is 2. The van der Waals surface area contributed by atoms with Crippen LogP contribution in [-0.4, -0.2) is 33.2 Å². The summed E-state index contributed by atoms with van der Waals surface area (Å²) >= 11 is 0. The lowest BCUT2D eigenvalue weighted by Crippen LogP contribution is -2.20. The van der Waals surface area contributed by atoms with E-state index in [0.29, 0.717) is 13.2 Å². The molecule has 0 aromatic heterocycles. The lowest BCUT2D eigenvalue weighted by atomic mass is 10.4. The minimum atomic E-state index is -0.380. The first-order valence-corrected chi connectivity index (χ1v) is 2.51. The van der Waals surface area contributed by atoms with Crippen LogP contribution in [0.1, 0.15) is 0 Å². The lowest BCUT2D eigenvalue weighted by Gasteiger charge is -2.05. The molecule has 3 nitrogen and oxygen atoms in total. The molecule has 0 amide bonds. The van der Waals surface area contributed by atoms with E-state index in [-0.39, 0.29) is 5.79 Å². The van der Waals surface area contributed by atoms with E-state index in [2.05, 4.69) is 0 Å². The highest BCUT2D eigenvalue weighted by molar-refractivity contribution is 4.80. The van der Waals surface area contributed by atoms with Crippen LogP contribution in [0.3, 0.4) is 0 Å². The van der Waals surface area contributed by atoms with Crippen LogP contribution in [0.15, 0.2) is 0 Å². The predicted molar refractivity (Wildman–Crippen MR) is 27.6 cm³/mol. The fraction of sp³-hybridized carbons (Fsp3) is 1.00. The van der Waals surface area contributed by atoms with Gasteiger partial charge in [0, 0.05) is 14.2 Å². The zero-order chi connectivity index (χ0) is 6.04. The smallest absolute Gasteiger partial charge is 0.216 e. The second-order valence-corrected chi connectivity index (χ2v) is 1.84. The maximum Gasteiger partial charge on any atom is 0.216 e. The van der Waals surface area contributed by atoms with E-state index < -0.39 is 0 Å². The number of epoxide rings is 1. The maximum atomic E-state index is 4.94. The zero-order valence-electron chi connectivity index (χ0n) is 5.14. The highest BCUT2D eigenvalue weighted by atomic mass is 16.8. The molecule has 0 radical (unpaired) electrons. The molecule has 0 bridgehead atoms. The van der Waals surface area contributed by atoms with Gasteiger partial charge in [-0.3, -0.25) is 0 Å². The third-order valence-electron chi connectivity index (χ3n) is 1.20. The van der Waals surface area contributed by atoms with Gasteiger partial charge in [-0.05, 0) is 0 Å². The van der Waals surface area contributed by atoms with Gasteiger partial charge >= 0.3 is 0 Å². The summed E-state index contributed by atoms with van der Waals surface area (Å²) in [6, 6.07) is 0. The van der Waals surface area contributed by atoms with Crippen LogP contribution in [-0.2, 0) is 14.2 Å². The summed E-state index contributed by atoms with van der Waals surface area (Å²) in [5, 5.41) is 0. The van der Waals surface area contributed by atoms with E-state index in [1.807, 2.05) is 0 Å². The highest BCUT2D eigenvalue weighted by Gasteiger charge is 2.45. The molecular weight excluding hydrogens is 108 g/mol. The Morgan fingerprint density at radius 1 is 1.62 bits per heavy atom. The largest absolute Gasteiger partial charge is 0.379 e. The Balaban J connectivity index is 2.20. The maximum absolute atomic E-state index is 4.94. The van der Waals surface area contributed by atoms with Gasteiger partial charge in [-0.15, -0.1) is 0 Å². The normalized spacial score (nSPS) is 35.2. The molecular formula is C5H10O3. The number of rotatable bonds is 3. The molecule has 1 fully saturated rings. The van der Waals surface area contributed by atoms with Crippen molar-refractivity contribution in [2.45, 2.75) is 5.79 Å². The van der Waals surface area contributed by atoms with Gasteiger partial charge < -0.3 is 14.2 Å². The summed E-state index contributed by atoms with van der Waals surface area (Å²) < 4.78 is 14.7. The SMILES string of the molecule is COCC1(OC)CO1. The van der Waals surface area contributed by atoms with E-state index in [9.17, 15) is 0 Å². The average molecular weight is 118 g/mol. The third-order valence-corrected chi connectivity index (χ3v) is 1.20. The molecule has 1 aliphatic heterocycles. The molecule has 0 saturated carbocycles. The first kappa shape index (κ1) is 6.01. The number of ether oxygens (including phenoxy) is 3. The van der Waals surface area contributed by atoms with Gasteiger partial charge in [-0.1, -0.05) is 0 Å². The Morgan fingerprint density at radius 2 is 2.25 bits per heavy atom. The van der Waals surface area contributed by atoms with Crippen LogP contribution in [0.25, 0.3) is 0 Å². The second-order valence-electron chi connectivity index (χ2n) is 1.84. The van der Waals surface area contributed by atoms with Crippen molar-refractivity contribution < 1.29 is 14.2 Å². The summed E-state index contributed by atoms with van der Waals surface area (Å²) in [6.45, 7) is 1.20. The van der Waals surface area contributed by atoms with Crippen molar-refractivity contribution in [3.05, 3.63) is 0 Å². The molecule has 0 spiro atoms. The van der Waals surface area contributed by atoms with Crippen molar-refractivity contribution >= 4 is 0 Å². The van der Waals surface area contributed by atoms with Crippen molar-refractivity contribution in [2.24, 2.45) is 0 Å². The van der Waals surface area contributed by atoms with Gasteiger partial charge in [0.15, 0.2) is 0 Å². The van der Waals surface area contributed by atoms with E-state index in [1.165, 1.54) is 0 Å². The van der Waals surface area contributed by atoms with E-state index >= 15 is 0 Å². The zero-order valence-corrected chi connectivity index (χ0v) is 5.14. The predicted octanol–water partition coefficient (Wildman–Crippen LogP) is 0.00570. The molecule has 3 heteroatoms. The molecule has 1 aliphatic rings. The molecule has 0 N–H and O–H groups in total. The van der Waals surface area contributed by atoms with E-state index in [1.54, 1.807) is 14.2 Å². The molecule has 1 heterocycles. The highest BCUT2D eigenvalue weighted by Crippen LogP contribution is 2.26. The molecule has 8 heavy (non-hydrogen) atoms. The summed E-state index contributed by atoms with van der Waals surface area (Å²) in [5.41, 5.74) is 0. The van der Waals surface area contributed by atoms with Gasteiger partial charge in [0.2, 0.25) is 5.79 Å². The number of hydrogen-bond donors (Lipinski definition) is 0. The third kappa shape index (κ3) is 0.992. The Hall–Kier alpha value is -0.120. The van der Waals surface area contributed by atoms with Gasteiger partial charge in [0.05, 0.1) is 0 Å². The van der Waals surface area contributed by atoms with Gasteiger partial charge in [-0.2, -0.15) is 0 Å². The van der Waals surface area contributed by atoms with Crippen LogP contribution >= 0.6 is 0 Å². The van der Waals surface area contributed by atoms with Crippen molar-refractivity contribution in [2.75, 3.05) is 27.4 Å². The standard InChI is InChI=1S/C5H10O3/c1-6-3-5(7-2)4-8-5/h3-4H2,1-2H3. The lowest BCUT2D eigenvalue weighted by molar-refractivity contribution is -0.0599. The summed E-state index contributed by atoms with van der Waals surface area (Å²) in [4.78, 5) is 0. The molecule has 1 unspecified atom stereocenters. The average Bonchev–Trinajstić information content (AvgIpc) is 2.50. The molecule has 48 valence electrons. The van der Waals surface area contributed by atoms with Crippen LogP contribution in [0, 0.1) is 0 Å². The molecule has 0 aromatic carbocycles. The summed E-state index contributed by atoms with van der Waals surface area (Å²) in [6.07, 6.45) is 0. The van der Waals surface area contributed by atoms with Gasteiger partial charge in [0.25, 0.3) is 0 Å². The van der Waals surface area contributed by atoms with Crippen molar-refractivity contribution in [3.63, 3.8) is 0 Å². The Bertz CT molecular complexity index is 77.7. The minimum Gasteiger partial charge on any atom is -0.379 e. The van der Waals surface area contributed by atoms with Crippen molar-refractivity contribution in [1.82, 2.24) is 0 Å². The first-order valence-electron chi connectivity index (χ1n) is 2.51. The molecule has 0 aliphatic carbocycles. The molecule has 1 saturated heterocycles. The van der Waals surface area contributed by atoms with E-state index in [4.69, 9.17) is 14.2 Å². The quantitative estimate of drug-likeness (QED) is 0.489. The molecule has 1 atom stereocenters. The molecule has 0 aromatic rings.